The number of fused-ring (bicyclic) bond motifs is 1. The van der Waals surface area contributed by atoms with Crippen LogP contribution in [-0.2, 0) is 11.0 Å². The molecule has 0 heterocycles. The summed E-state index contributed by atoms with van der Waals surface area (Å²) in [6.07, 6.45) is -0.579. The molecule has 1 aliphatic carbocycles. The van der Waals surface area contributed by atoms with Crippen LogP contribution in [0.3, 0.4) is 0 Å². The summed E-state index contributed by atoms with van der Waals surface area (Å²) < 4.78 is 0. The average Bonchev–Trinajstić information content (AvgIpc) is 2.36. The van der Waals surface area contributed by atoms with Crippen molar-refractivity contribution in [2.75, 3.05) is 0 Å². The van der Waals surface area contributed by atoms with Gasteiger partial charge in [-0.25, -0.2) is 0 Å². The second-order valence-corrected chi connectivity index (χ2v) is 7.69. The Morgan fingerprint density at radius 3 is 2.05 bits per heavy atom. The first-order valence-electron chi connectivity index (χ1n) is 7.53. The van der Waals surface area contributed by atoms with Crippen LogP contribution < -0.4 is 0 Å². The van der Waals surface area contributed by atoms with Crippen LogP contribution in [0.25, 0.3) is 0 Å². The highest BCUT2D eigenvalue weighted by Gasteiger charge is 2.65. The SMILES string of the molecule is CC(C)c1ccc2c(c1)C(C)(C)[C@@]2(O)C(C)(C)[C@@H](C)O. The molecule has 0 aliphatic heterocycles. The molecule has 2 rings (SSSR count). The summed E-state index contributed by atoms with van der Waals surface area (Å²) >= 11 is 0. The molecule has 1 aliphatic rings. The van der Waals surface area contributed by atoms with Crippen LogP contribution in [0.1, 0.15) is 71.1 Å². The highest BCUT2D eigenvalue weighted by Crippen LogP contribution is 2.63. The van der Waals surface area contributed by atoms with Crippen molar-refractivity contribution < 1.29 is 10.2 Å². The van der Waals surface area contributed by atoms with Gasteiger partial charge in [-0.3, -0.25) is 0 Å². The normalized spacial score (nSPS) is 26.1. The van der Waals surface area contributed by atoms with Gasteiger partial charge >= 0.3 is 0 Å². The molecular weight excluding hydrogens is 248 g/mol. The summed E-state index contributed by atoms with van der Waals surface area (Å²) in [4.78, 5) is 0. The van der Waals surface area contributed by atoms with Crippen molar-refractivity contribution in [3.05, 3.63) is 34.9 Å². The smallest absolute Gasteiger partial charge is 0.106 e. The van der Waals surface area contributed by atoms with Crippen molar-refractivity contribution in [1.82, 2.24) is 0 Å². The fourth-order valence-corrected chi connectivity index (χ4v) is 3.68. The van der Waals surface area contributed by atoms with Gasteiger partial charge in [-0.05, 0) is 29.5 Å². The predicted molar refractivity (Wildman–Crippen MR) is 82.9 cm³/mol. The third kappa shape index (κ3) is 1.64. The second kappa shape index (κ2) is 4.32. The van der Waals surface area contributed by atoms with Crippen LogP contribution in [0, 0.1) is 5.41 Å². The van der Waals surface area contributed by atoms with E-state index in [0.717, 1.165) is 5.56 Å². The van der Waals surface area contributed by atoms with E-state index in [4.69, 9.17) is 0 Å². The molecule has 2 atom stereocenters. The van der Waals surface area contributed by atoms with Crippen molar-refractivity contribution in [1.29, 1.82) is 0 Å². The fraction of sp³-hybridized carbons (Fsp3) is 0.667. The fourth-order valence-electron chi connectivity index (χ4n) is 3.68. The molecule has 0 fully saturated rings. The number of hydrogen-bond acceptors (Lipinski definition) is 2. The lowest BCUT2D eigenvalue weighted by Gasteiger charge is -2.62. The van der Waals surface area contributed by atoms with Gasteiger partial charge < -0.3 is 10.2 Å². The summed E-state index contributed by atoms with van der Waals surface area (Å²) in [7, 11) is 0. The molecule has 0 amide bonds. The largest absolute Gasteiger partial charge is 0.393 e. The van der Waals surface area contributed by atoms with Gasteiger partial charge in [0.15, 0.2) is 0 Å². The van der Waals surface area contributed by atoms with E-state index in [-0.39, 0.29) is 5.41 Å². The molecule has 2 N–H and O–H groups in total. The Labute approximate surface area is 122 Å². The van der Waals surface area contributed by atoms with E-state index in [1.54, 1.807) is 6.92 Å². The van der Waals surface area contributed by atoms with Crippen LogP contribution in [0.15, 0.2) is 18.2 Å². The minimum absolute atomic E-state index is 0.353. The van der Waals surface area contributed by atoms with Gasteiger partial charge in [-0.1, -0.05) is 59.7 Å². The number of aliphatic hydroxyl groups excluding tert-OH is 1. The van der Waals surface area contributed by atoms with E-state index in [9.17, 15) is 10.2 Å². The average molecular weight is 276 g/mol. The predicted octanol–water partition coefficient (Wildman–Crippen LogP) is 3.70. The van der Waals surface area contributed by atoms with E-state index in [2.05, 4.69) is 39.8 Å². The molecule has 0 saturated heterocycles. The number of aliphatic hydroxyl groups is 2. The first-order chi connectivity index (χ1) is 8.98. The molecule has 0 saturated carbocycles. The van der Waals surface area contributed by atoms with E-state index in [0.29, 0.717) is 5.92 Å². The van der Waals surface area contributed by atoms with Gasteiger partial charge in [-0.15, -0.1) is 0 Å². The highest BCUT2D eigenvalue weighted by atomic mass is 16.3. The number of hydrogen-bond donors (Lipinski definition) is 2. The van der Waals surface area contributed by atoms with Crippen molar-refractivity contribution in [3.8, 4) is 0 Å². The molecule has 20 heavy (non-hydrogen) atoms. The van der Waals surface area contributed by atoms with Crippen LogP contribution in [-0.4, -0.2) is 16.3 Å². The van der Waals surface area contributed by atoms with Crippen molar-refractivity contribution >= 4 is 0 Å². The lowest BCUT2D eigenvalue weighted by atomic mass is 9.45. The minimum atomic E-state index is -1.00. The monoisotopic (exact) mass is 276 g/mol. The molecule has 112 valence electrons. The Hall–Kier alpha value is -0.860. The van der Waals surface area contributed by atoms with Crippen LogP contribution in [0.2, 0.25) is 0 Å². The van der Waals surface area contributed by atoms with Gasteiger partial charge in [0.05, 0.1) is 6.10 Å². The molecule has 0 unspecified atom stereocenters. The molecular formula is C18H28O2. The van der Waals surface area contributed by atoms with Gasteiger partial charge in [0.25, 0.3) is 0 Å². The van der Waals surface area contributed by atoms with Crippen LogP contribution in [0.5, 0.6) is 0 Å². The first kappa shape index (κ1) is 15.5. The molecule has 2 heteroatoms. The quantitative estimate of drug-likeness (QED) is 0.884. The van der Waals surface area contributed by atoms with Crippen LogP contribution >= 0.6 is 0 Å². The van der Waals surface area contributed by atoms with Crippen molar-refractivity contribution in [2.24, 2.45) is 5.41 Å². The van der Waals surface area contributed by atoms with E-state index in [1.807, 2.05) is 19.9 Å². The number of benzene rings is 1. The maximum Gasteiger partial charge on any atom is 0.106 e. The van der Waals surface area contributed by atoms with Gasteiger partial charge in [0.2, 0.25) is 0 Å². The first-order valence-corrected chi connectivity index (χ1v) is 7.53. The summed E-state index contributed by atoms with van der Waals surface area (Å²) in [5.74, 6) is 0.481. The maximum absolute atomic E-state index is 11.4. The lowest BCUT2D eigenvalue weighted by Crippen LogP contribution is -2.65. The highest BCUT2D eigenvalue weighted by molar-refractivity contribution is 5.55. The molecule has 0 bridgehead atoms. The zero-order valence-electron chi connectivity index (χ0n) is 13.8. The third-order valence-electron chi connectivity index (χ3n) is 5.65. The molecule has 0 spiro atoms. The zero-order chi connectivity index (χ0) is 15.5. The lowest BCUT2D eigenvalue weighted by molar-refractivity contribution is -0.187. The summed E-state index contributed by atoms with van der Waals surface area (Å²) in [6.45, 7) is 14.2. The molecule has 0 aromatic heterocycles. The topological polar surface area (TPSA) is 40.5 Å². The van der Waals surface area contributed by atoms with Gasteiger partial charge in [0.1, 0.15) is 5.60 Å². The molecule has 1 aromatic carbocycles. The van der Waals surface area contributed by atoms with Gasteiger partial charge in [0, 0.05) is 10.8 Å². The summed E-state index contributed by atoms with van der Waals surface area (Å²) in [5, 5.41) is 21.5. The van der Waals surface area contributed by atoms with E-state index < -0.39 is 17.1 Å². The number of rotatable bonds is 3. The molecule has 0 radical (unpaired) electrons. The second-order valence-electron chi connectivity index (χ2n) is 7.69. The minimum Gasteiger partial charge on any atom is -0.393 e. The third-order valence-corrected chi connectivity index (χ3v) is 5.65. The van der Waals surface area contributed by atoms with Crippen LogP contribution in [0.4, 0.5) is 0 Å². The van der Waals surface area contributed by atoms with Crippen molar-refractivity contribution in [2.45, 2.75) is 71.5 Å². The van der Waals surface area contributed by atoms with Crippen molar-refractivity contribution in [3.63, 3.8) is 0 Å². The van der Waals surface area contributed by atoms with Gasteiger partial charge in [-0.2, -0.15) is 0 Å². The summed E-state index contributed by atoms with van der Waals surface area (Å²) in [6, 6.07) is 6.36. The Kier molecular flexibility index (Phi) is 3.35. The Morgan fingerprint density at radius 2 is 1.60 bits per heavy atom. The molecule has 2 nitrogen and oxygen atoms in total. The van der Waals surface area contributed by atoms with E-state index >= 15 is 0 Å². The Bertz CT molecular complexity index is 526. The zero-order valence-corrected chi connectivity index (χ0v) is 13.8. The maximum atomic E-state index is 11.4. The molecule has 1 aromatic rings. The van der Waals surface area contributed by atoms with E-state index in [1.165, 1.54) is 11.1 Å². The summed E-state index contributed by atoms with van der Waals surface area (Å²) in [5.41, 5.74) is 1.53. The Morgan fingerprint density at radius 1 is 1.05 bits per heavy atom. The standard InChI is InChI=1S/C18H28O2/c1-11(2)13-8-9-14-15(10-13)17(6,7)18(14,20)16(4,5)12(3)19/h8-12,19-20H,1-7H3/t12-,18+/m1/s1. The Balaban J connectivity index is 2.60.